The minimum absolute atomic E-state index is 0.319. The Kier molecular flexibility index (Phi) is 6.53. The van der Waals surface area contributed by atoms with Crippen LogP contribution in [0.25, 0.3) is 0 Å². The summed E-state index contributed by atoms with van der Waals surface area (Å²) in [5.74, 6) is 1.71. The largest absolute Gasteiger partial charge is 0.475 e. The molecule has 0 unspecified atom stereocenters. The molecule has 2 heterocycles. The van der Waals surface area contributed by atoms with Crippen LogP contribution in [0.3, 0.4) is 0 Å². The molecule has 0 radical (unpaired) electrons. The topological polar surface area (TPSA) is 78.4 Å². The Labute approximate surface area is 129 Å². The van der Waals surface area contributed by atoms with Gasteiger partial charge in [-0.15, -0.1) is 0 Å². The van der Waals surface area contributed by atoms with Crippen molar-refractivity contribution in [2.24, 2.45) is 0 Å². The van der Waals surface area contributed by atoms with E-state index in [2.05, 4.69) is 20.3 Å². The fraction of sp³-hybridized carbons (Fsp3) is 0.400. The molecule has 0 bridgehead atoms. The maximum Gasteiger partial charge on any atom is 0.218 e. The van der Waals surface area contributed by atoms with E-state index in [1.807, 2.05) is 18.2 Å². The number of hydrogen-bond donors (Lipinski definition) is 1. The Morgan fingerprint density at radius 3 is 2.73 bits per heavy atom. The van der Waals surface area contributed by atoms with Crippen LogP contribution in [0.15, 0.2) is 30.5 Å². The summed E-state index contributed by atoms with van der Waals surface area (Å²) in [7, 11) is 3.22. The first-order valence-corrected chi connectivity index (χ1v) is 6.94. The molecule has 0 aromatic carbocycles. The summed E-state index contributed by atoms with van der Waals surface area (Å²) >= 11 is 0. The molecular weight excluding hydrogens is 284 g/mol. The second-order valence-corrected chi connectivity index (χ2v) is 4.46. The van der Waals surface area contributed by atoms with Crippen LogP contribution in [0.2, 0.25) is 0 Å². The van der Waals surface area contributed by atoms with E-state index in [1.54, 1.807) is 26.5 Å². The Bertz CT molecular complexity index is 566. The number of pyridine rings is 1. The minimum atomic E-state index is 0.319. The summed E-state index contributed by atoms with van der Waals surface area (Å²) < 4.78 is 15.6. The van der Waals surface area contributed by atoms with E-state index in [0.29, 0.717) is 43.9 Å². The van der Waals surface area contributed by atoms with Crippen molar-refractivity contribution in [1.82, 2.24) is 15.0 Å². The van der Waals surface area contributed by atoms with Crippen LogP contribution in [0.1, 0.15) is 11.5 Å². The molecule has 0 aliphatic heterocycles. The average Bonchev–Trinajstić information content (AvgIpc) is 2.54. The van der Waals surface area contributed by atoms with Gasteiger partial charge in [-0.25, -0.2) is 4.98 Å². The number of nitrogens with zero attached hydrogens (tertiary/aromatic N) is 3. The Balaban J connectivity index is 2.04. The summed E-state index contributed by atoms with van der Waals surface area (Å²) in [5, 5.41) is 3.21. The lowest BCUT2D eigenvalue weighted by atomic mass is 10.3. The van der Waals surface area contributed by atoms with Crippen LogP contribution >= 0.6 is 0 Å². The molecule has 1 N–H and O–H groups in total. The summed E-state index contributed by atoms with van der Waals surface area (Å²) in [6, 6.07) is 7.52. The second kappa shape index (κ2) is 8.91. The number of ether oxygens (including phenoxy) is 3. The van der Waals surface area contributed by atoms with Gasteiger partial charge in [0.25, 0.3) is 0 Å². The Hall–Kier alpha value is -2.25. The normalized spacial score (nSPS) is 10.5. The molecule has 2 rings (SSSR count). The number of methoxy groups -OCH3 is 2. The quantitative estimate of drug-likeness (QED) is 0.706. The molecule has 118 valence electrons. The maximum absolute atomic E-state index is 5.54. The number of hydrogen-bond acceptors (Lipinski definition) is 7. The van der Waals surface area contributed by atoms with E-state index < -0.39 is 0 Å². The summed E-state index contributed by atoms with van der Waals surface area (Å²) in [6.07, 6.45) is 1.76. The first kappa shape index (κ1) is 16.1. The van der Waals surface area contributed by atoms with Crippen LogP contribution in [-0.2, 0) is 22.6 Å². The van der Waals surface area contributed by atoms with Crippen LogP contribution in [0.5, 0.6) is 5.88 Å². The monoisotopic (exact) mass is 304 g/mol. The third kappa shape index (κ3) is 5.27. The van der Waals surface area contributed by atoms with E-state index in [9.17, 15) is 0 Å². The van der Waals surface area contributed by atoms with Gasteiger partial charge in [-0.3, -0.25) is 4.98 Å². The molecule has 0 saturated heterocycles. The molecule has 2 aromatic rings. The smallest absolute Gasteiger partial charge is 0.218 e. The summed E-state index contributed by atoms with van der Waals surface area (Å²) in [5.41, 5.74) is 0.927. The predicted molar refractivity (Wildman–Crippen MR) is 81.7 cm³/mol. The van der Waals surface area contributed by atoms with Crippen molar-refractivity contribution in [1.29, 1.82) is 0 Å². The van der Waals surface area contributed by atoms with Crippen molar-refractivity contribution < 1.29 is 14.2 Å². The van der Waals surface area contributed by atoms with Crippen molar-refractivity contribution in [3.8, 4) is 5.88 Å². The highest BCUT2D eigenvalue weighted by atomic mass is 16.5. The van der Waals surface area contributed by atoms with E-state index in [-0.39, 0.29) is 0 Å². The number of aromatic nitrogens is 3. The zero-order valence-electron chi connectivity index (χ0n) is 12.8. The van der Waals surface area contributed by atoms with Gasteiger partial charge < -0.3 is 19.5 Å². The Morgan fingerprint density at radius 2 is 2.00 bits per heavy atom. The standard InChI is InChI=1S/C15H20N4O3/c1-20-7-8-22-15-9-13(18-14(19-15)11-21-2)17-10-12-5-3-4-6-16-12/h3-6,9H,7-8,10-11H2,1-2H3,(H,17,18,19). The third-order valence-electron chi connectivity index (χ3n) is 2.74. The number of rotatable bonds is 9. The fourth-order valence-corrected chi connectivity index (χ4v) is 1.74. The van der Waals surface area contributed by atoms with Gasteiger partial charge in [0.05, 0.1) is 18.8 Å². The lowest BCUT2D eigenvalue weighted by molar-refractivity contribution is 0.142. The first-order valence-electron chi connectivity index (χ1n) is 6.94. The van der Waals surface area contributed by atoms with Crippen LogP contribution in [-0.4, -0.2) is 42.4 Å². The van der Waals surface area contributed by atoms with Crippen LogP contribution < -0.4 is 10.1 Å². The van der Waals surface area contributed by atoms with Crippen molar-refractivity contribution in [2.75, 3.05) is 32.8 Å². The molecule has 0 atom stereocenters. The van der Waals surface area contributed by atoms with Gasteiger partial charge in [-0.2, -0.15) is 4.98 Å². The van der Waals surface area contributed by atoms with Gasteiger partial charge in [0, 0.05) is 26.5 Å². The van der Waals surface area contributed by atoms with Gasteiger partial charge >= 0.3 is 0 Å². The molecule has 0 fully saturated rings. The third-order valence-corrected chi connectivity index (χ3v) is 2.74. The van der Waals surface area contributed by atoms with Crippen molar-refractivity contribution in [3.05, 3.63) is 42.0 Å². The summed E-state index contributed by atoms with van der Waals surface area (Å²) in [4.78, 5) is 12.9. The molecule has 7 heteroatoms. The van der Waals surface area contributed by atoms with Crippen LogP contribution in [0.4, 0.5) is 5.82 Å². The molecule has 0 aliphatic carbocycles. The van der Waals surface area contributed by atoms with Gasteiger partial charge in [0.2, 0.25) is 5.88 Å². The molecule has 7 nitrogen and oxygen atoms in total. The first-order chi connectivity index (χ1) is 10.8. The number of nitrogens with one attached hydrogen (secondary N) is 1. The Morgan fingerprint density at radius 1 is 1.09 bits per heavy atom. The molecule has 0 aliphatic rings. The van der Waals surface area contributed by atoms with Gasteiger partial charge in [-0.1, -0.05) is 6.07 Å². The molecule has 0 saturated carbocycles. The summed E-state index contributed by atoms with van der Waals surface area (Å²) in [6.45, 7) is 1.82. The fourth-order valence-electron chi connectivity index (χ4n) is 1.74. The average molecular weight is 304 g/mol. The van der Waals surface area contributed by atoms with Crippen molar-refractivity contribution in [2.45, 2.75) is 13.2 Å². The van der Waals surface area contributed by atoms with Gasteiger partial charge in [0.15, 0.2) is 5.82 Å². The van der Waals surface area contributed by atoms with Gasteiger partial charge in [0.1, 0.15) is 19.0 Å². The molecule has 0 amide bonds. The molecular formula is C15H20N4O3. The predicted octanol–water partition coefficient (Wildman–Crippen LogP) is 1.66. The van der Waals surface area contributed by atoms with E-state index in [1.165, 1.54) is 0 Å². The van der Waals surface area contributed by atoms with Crippen LogP contribution in [0, 0.1) is 0 Å². The highest BCUT2D eigenvalue weighted by Gasteiger charge is 2.06. The van der Waals surface area contributed by atoms with Gasteiger partial charge in [-0.05, 0) is 12.1 Å². The minimum Gasteiger partial charge on any atom is -0.475 e. The van der Waals surface area contributed by atoms with E-state index in [4.69, 9.17) is 14.2 Å². The maximum atomic E-state index is 5.54. The van der Waals surface area contributed by atoms with E-state index in [0.717, 1.165) is 5.69 Å². The molecule has 22 heavy (non-hydrogen) atoms. The zero-order valence-corrected chi connectivity index (χ0v) is 12.8. The molecule has 0 spiro atoms. The molecule has 2 aromatic heterocycles. The van der Waals surface area contributed by atoms with Crippen molar-refractivity contribution >= 4 is 5.82 Å². The zero-order chi connectivity index (χ0) is 15.6. The lowest BCUT2D eigenvalue weighted by Crippen LogP contribution is -2.10. The van der Waals surface area contributed by atoms with Crippen molar-refractivity contribution in [3.63, 3.8) is 0 Å². The van der Waals surface area contributed by atoms with E-state index >= 15 is 0 Å². The lowest BCUT2D eigenvalue weighted by Gasteiger charge is -2.10. The highest BCUT2D eigenvalue weighted by molar-refractivity contribution is 5.38. The highest BCUT2D eigenvalue weighted by Crippen LogP contribution is 2.15. The second-order valence-electron chi connectivity index (χ2n) is 4.46. The number of anilines is 1. The SMILES string of the molecule is COCCOc1cc(NCc2ccccn2)nc(COC)n1.